The van der Waals surface area contributed by atoms with Gasteiger partial charge in [0.2, 0.25) is 5.91 Å². The number of fused-ring (bicyclic) bond motifs is 3. The highest BCUT2D eigenvalue weighted by Crippen LogP contribution is 2.48. The molecule has 1 amide bonds. The Morgan fingerprint density at radius 2 is 2.21 bits per heavy atom. The van der Waals surface area contributed by atoms with E-state index >= 15 is 0 Å². The normalized spacial score (nSPS) is 21.3. The van der Waals surface area contributed by atoms with Crippen molar-refractivity contribution in [2.75, 3.05) is 19.7 Å². The second-order valence-electron chi connectivity index (χ2n) is 8.17. The van der Waals surface area contributed by atoms with Gasteiger partial charge in [-0.25, -0.2) is 0 Å². The van der Waals surface area contributed by atoms with E-state index in [4.69, 9.17) is 23.2 Å². The first kappa shape index (κ1) is 18.9. The number of hydrogen-bond donors (Lipinski definition) is 2. The lowest BCUT2D eigenvalue weighted by atomic mass is 9.72. The predicted octanol–water partition coefficient (Wildman–Crippen LogP) is 2.97. The van der Waals surface area contributed by atoms with Crippen molar-refractivity contribution >= 4 is 40.0 Å². The number of aromatic nitrogens is 4. The van der Waals surface area contributed by atoms with Crippen LogP contribution in [0.25, 0.3) is 22.2 Å². The Labute approximate surface area is 177 Å². The maximum atomic E-state index is 12.0. The number of benzene rings is 1. The summed E-state index contributed by atoms with van der Waals surface area (Å²) >= 11 is 13.0. The lowest BCUT2D eigenvalue weighted by Crippen LogP contribution is -2.36. The first-order chi connectivity index (χ1) is 13.9. The van der Waals surface area contributed by atoms with E-state index in [1.54, 1.807) is 18.1 Å². The maximum Gasteiger partial charge on any atom is 0.248 e. The fraction of sp³-hybridized carbons (Fsp3) is 0.450. The van der Waals surface area contributed by atoms with E-state index in [9.17, 15) is 9.90 Å². The molecule has 1 spiro atoms. The molecule has 1 saturated heterocycles. The monoisotopic (exact) mass is 433 g/mol. The average Bonchev–Trinajstić information content (AvgIpc) is 3.42. The molecular weight excluding hydrogens is 413 g/mol. The molecule has 0 saturated carbocycles. The summed E-state index contributed by atoms with van der Waals surface area (Å²) in [4.78, 5) is 18.8. The average molecular weight is 434 g/mol. The molecule has 1 aliphatic carbocycles. The van der Waals surface area contributed by atoms with Gasteiger partial charge in [0.15, 0.2) is 0 Å². The molecule has 152 valence electrons. The highest BCUT2D eigenvalue weighted by Gasteiger charge is 2.43. The minimum absolute atomic E-state index is 0.0265. The number of aliphatic hydroxyl groups is 1. The number of nitrogens with one attached hydrogen (secondary N) is 1. The number of rotatable bonds is 2. The minimum Gasteiger partial charge on any atom is -0.387 e. The number of aliphatic hydroxyl groups excluding tert-OH is 1. The van der Waals surface area contributed by atoms with Crippen molar-refractivity contribution in [2.45, 2.75) is 25.7 Å². The highest BCUT2D eigenvalue weighted by molar-refractivity contribution is 6.45. The standard InChI is InChI=1S/C20H21Cl2N5O2/c1-26-23-8-15(25-26)11-6-13(21)18(22)19-17(11)12-7-20(3-2-14(12)24-19)4-5-27(10-20)16(29)9-28/h6,8,24,28H,2-5,7,9-10H2,1H3. The van der Waals surface area contributed by atoms with Gasteiger partial charge >= 0.3 is 0 Å². The predicted molar refractivity (Wildman–Crippen MR) is 111 cm³/mol. The molecule has 1 aromatic carbocycles. The van der Waals surface area contributed by atoms with Crippen molar-refractivity contribution in [3.63, 3.8) is 0 Å². The Bertz CT molecular complexity index is 1140. The van der Waals surface area contributed by atoms with E-state index in [0.717, 1.165) is 47.8 Å². The number of amides is 1. The second-order valence-corrected chi connectivity index (χ2v) is 8.96. The number of nitrogens with zero attached hydrogens (tertiary/aromatic N) is 4. The number of halogens is 2. The minimum atomic E-state index is -0.431. The lowest BCUT2D eigenvalue weighted by molar-refractivity contribution is -0.133. The lowest BCUT2D eigenvalue weighted by Gasteiger charge is -2.33. The van der Waals surface area contributed by atoms with Gasteiger partial charge in [-0.15, -0.1) is 0 Å². The van der Waals surface area contributed by atoms with Crippen LogP contribution in [0.3, 0.4) is 0 Å². The molecule has 1 fully saturated rings. The number of carbonyl (C=O) groups is 1. The number of hydrogen-bond acceptors (Lipinski definition) is 4. The third-order valence-electron chi connectivity index (χ3n) is 6.42. The molecule has 3 aromatic rings. The molecule has 0 radical (unpaired) electrons. The maximum absolute atomic E-state index is 12.0. The molecule has 0 bridgehead atoms. The molecule has 1 aliphatic heterocycles. The van der Waals surface area contributed by atoms with Gasteiger partial charge in [0.1, 0.15) is 12.3 Å². The van der Waals surface area contributed by atoms with Gasteiger partial charge in [-0.3, -0.25) is 4.79 Å². The number of H-pyrrole nitrogens is 1. The Morgan fingerprint density at radius 1 is 1.38 bits per heavy atom. The number of aryl methyl sites for hydroxylation is 2. The van der Waals surface area contributed by atoms with Crippen LogP contribution in [0.1, 0.15) is 24.1 Å². The molecule has 9 heteroatoms. The summed E-state index contributed by atoms with van der Waals surface area (Å²) in [5.41, 5.74) is 4.93. The van der Waals surface area contributed by atoms with E-state index in [2.05, 4.69) is 15.2 Å². The smallest absolute Gasteiger partial charge is 0.248 e. The van der Waals surface area contributed by atoms with Crippen LogP contribution >= 0.6 is 23.2 Å². The van der Waals surface area contributed by atoms with Crippen molar-refractivity contribution in [1.29, 1.82) is 0 Å². The Balaban J connectivity index is 1.64. The topological polar surface area (TPSA) is 87.0 Å². The third kappa shape index (κ3) is 2.95. The quantitative estimate of drug-likeness (QED) is 0.650. The van der Waals surface area contributed by atoms with Gasteiger partial charge in [0, 0.05) is 36.8 Å². The van der Waals surface area contributed by atoms with Crippen molar-refractivity contribution in [3.8, 4) is 11.3 Å². The van der Waals surface area contributed by atoms with Gasteiger partial charge < -0.3 is 15.0 Å². The van der Waals surface area contributed by atoms with Crippen LogP contribution in [0, 0.1) is 5.41 Å². The fourth-order valence-corrected chi connectivity index (χ4v) is 5.36. The Morgan fingerprint density at radius 3 is 2.93 bits per heavy atom. The van der Waals surface area contributed by atoms with Gasteiger partial charge in [0.05, 0.1) is 21.8 Å². The summed E-state index contributed by atoms with van der Waals surface area (Å²) in [5.74, 6) is -0.193. The Kier molecular flexibility index (Phi) is 4.38. The zero-order chi connectivity index (χ0) is 20.3. The molecule has 1 atom stereocenters. The summed E-state index contributed by atoms with van der Waals surface area (Å²) in [5, 5.41) is 20.0. The largest absolute Gasteiger partial charge is 0.387 e. The molecule has 2 aromatic heterocycles. The van der Waals surface area contributed by atoms with Crippen LogP contribution < -0.4 is 0 Å². The highest BCUT2D eigenvalue weighted by atomic mass is 35.5. The zero-order valence-corrected chi connectivity index (χ0v) is 17.5. The fourth-order valence-electron chi connectivity index (χ4n) is 4.96. The van der Waals surface area contributed by atoms with E-state index in [-0.39, 0.29) is 11.3 Å². The van der Waals surface area contributed by atoms with E-state index in [1.165, 1.54) is 16.1 Å². The van der Waals surface area contributed by atoms with Crippen molar-refractivity contribution in [1.82, 2.24) is 24.9 Å². The van der Waals surface area contributed by atoms with Gasteiger partial charge in [-0.05, 0) is 42.7 Å². The van der Waals surface area contributed by atoms with E-state index in [1.807, 2.05) is 6.07 Å². The van der Waals surface area contributed by atoms with Crippen molar-refractivity contribution in [3.05, 3.63) is 33.6 Å². The van der Waals surface area contributed by atoms with Crippen LogP contribution in [-0.4, -0.2) is 55.6 Å². The molecular formula is C20H21Cl2N5O2. The molecule has 2 N–H and O–H groups in total. The Hall–Kier alpha value is -2.09. The van der Waals surface area contributed by atoms with Crippen LogP contribution in [0.5, 0.6) is 0 Å². The number of likely N-dealkylation sites (tertiary alicyclic amines) is 1. The molecule has 5 rings (SSSR count). The molecule has 1 unspecified atom stereocenters. The van der Waals surface area contributed by atoms with Crippen molar-refractivity contribution < 1.29 is 9.90 Å². The summed E-state index contributed by atoms with van der Waals surface area (Å²) in [6.45, 7) is 0.945. The van der Waals surface area contributed by atoms with Gasteiger partial charge in [-0.1, -0.05) is 23.2 Å². The second kappa shape index (κ2) is 6.72. The van der Waals surface area contributed by atoms with Crippen LogP contribution in [0.4, 0.5) is 0 Å². The summed E-state index contributed by atoms with van der Waals surface area (Å²) < 4.78 is 0. The van der Waals surface area contributed by atoms with Crippen LogP contribution in [-0.2, 0) is 24.7 Å². The molecule has 7 nitrogen and oxygen atoms in total. The van der Waals surface area contributed by atoms with E-state index < -0.39 is 6.61 Å². The summed E-state index contributed by atoms with van der Waals surface area (Å²) in [6.07, 6.45) is 5.40. The SMILES string of the molecule is Cn1ncc(-c2cc(Cl)c(Cl)c3[nH]c4c(c23)CC2(CC4)CCN(C(=O)CO)C2)n1. The zero-order valence-electron chi connectivity index (χ0n) is 16.0. The van der Waals surface area contributed by atoms with Gasteiger partial charge in [0.25, 0.3) is 0 Å². The van der Waals surface area contributed by atoms with Crippen LogP contribution in [0.2, 0.25) is 10.0 Å². The summed E-state index contributed by atoms with van der Waals surface area (Å²) in [6, 6.07) is 1.86. The first-order valence-electron chi connectivity index (χ1n) is 9.67. The molecule has 29 heavy (non-hydrogen) atoms. The van der Waals surface area contributed by atoms with Crippen LogP contribution in [0.15, 0.2) is 12.3 Å². The molecule has 3 heterocycles. The summed E-state index contributed by atoms with van der Waals surface area (Å²) in [7, 11) is 1.78. The number of carbonyl (C=O) groups excluding carboxylic acids is 1. The molecule has 2 aliphatic rings. The van der Waals surface area contributed by atoms with Gasteiger partial charge in [-0.2, -0.15) is 15.0 Å². The first-order valence-corrected chi connectivity index (χ1v) is 10.4. The van der Waals surface area contributed by atoms with E-state index in [0.29, 0.717) is 23.1 Å². The third-order valence-corrected chi connectivity index (χ3v) is 7.21. The van der Waals surface area contributed by atoms with Crippen molar-refractivity contribution in [2.24, 2.45) is 12.5 Å². The number of aromatic amines is 1.